The Balaban J connectivity index is 2.51. The molecule has 1 aromatic rings. The molecule has 0 bridgehead atoms. The minimum atomic E-state index is 0.135. The largest absolute Gasteiger partial charge is 0.396 e. The summed E-state index contributed by atoms with van der Waals surface area (Å²) in [6.07, 6.45) is 4.05. The minimum absolute atomic E-state index is 0.135. The number of aliphatic hydroxyl groups excluding tert-OH is 1. The Kier molecular flexibility index (Phi) is 4.83. The van der Waals surface area contributed by atoms with Crippen molar-refractivity contribution in [3.63, 3.8) is 0 Å². The molecule has 0 aliphatic rings. The smallest absolute Gasteiger partial charge is 0.115 e. The minimum Gasteiger partial charge on any atom is -0.396 e. The van der Waals surface area contributed by atoms with Crippen LogP contribution in [0.4, 0.5) is 0 Å². The van der Waals surface area contributed by atoms with Crippen molar-refractivity contribution in [3.05, 3.63) is 24.3 Å². The molecule has 1 atom stereocenters. The van der Waals surface area contributed by atoms with E-state index in [0.29, 0.717) is 6.54 Å². The first-order valence-corrected chi connectivity index (χ1v) is 5.63. The Bertz CT molecular complexity index is 295. The number of aliphatic hydroxyl groups is 1. The van der Waals surface area contributed by atoms with Crippen molar-refractivity contribution < 1.29 is 5.11 Å². The highest BCUT2D eigenvalue weighted by atomic mass is 16.3. The predicted octanol–water partition coefficient (Wildman–Crippen LogP) is 1.36. The van der Waals surface area contributed by atoms with Crippen LogP contribution in [0.5, 0.6) is 0 Å². The molecule has 4 heteroatoms. The first kappa shape index (κ1) is 13.1. The topological polar surface area (TPSA) is 58.0 Å². The third-order valence-electron chi connectivity index (χ3n) is 2.64. The quantitative estimate of drug-likeness (QED) is 0.791. The Morgan fingerprint density at radius 2 is 2.19 bits per heavy atom. The van der Waals surface area contributed by atoms with Gasteiger partial charge in [0.25, 0.3) is 0 Å². The number of nitrogens with one attached hydrogen (secondary N) is 1. The van der Waals surface area contributed by atoms with E-state index >= 15 is 0 Å². The maximum atomic E-state index is 9.03. The standard InChI is InChI=1S/C12H21N3O/c1-12(2,3)11(5-7-16)14-8-10-4-6-13-9-15-10/h4,6,9,11,14,16H,5,7-8H2,1-3H3. The third kappa shape index (κ3) is 4.24. The van der Waals surface area contributed by atoms with Crippen LogP contribution in [-0.2, 0) is 6.54 Å². The van der Waals surface area contributed by atoms with Gasteiger partial charge in [-0.1, -0.05) is 20.8 Å². The molecule has 16 heavy (non-hydrogen) atoms. The molecule has 0 radical (unpaired) electrons. The van der Waals surface area contributed by atoms with E-state index in [1.54, 1.807) is 12.5 Å². The molecule has 0 saturated carbocycles. The van der Waals surface area contributed by atoms with Crippen LogP contribution in [0.1, 0.15) is 32.9 Å². The second-order valence-corrected chi connectivity index (χ2v) is 5.01. The summed E-state index contributed by atoms with van der Waals surface area (Å²) < 4.78 is 0. The second-order valence-electron chi connectivity index (χ2n) is 5.01. The molecule has 0 fully saturated rings. The van der Waals surface area contributed by atoms with E-state index in [0.717, 1.165) is 12.1 Å². The lowest BCUT2D eigenvalue weighted by Gasteiger charge is -2.31. The van der Waals surface area contributed by atoms with Crippen LogP contribution in [0, 0.1) is 5.41 Å². The van der Waals surface area contributed by atoms with Gasteiger partial charge in [0.2, 0.25) is 0 Å². The molecule has 0 saturated heterocycles. The zero-order chi connectivity index (χ0) is 12.0. The van der Waals surface area contributed by atoms with Gasteiger partial charge in [0, 0.05) is 25.4 Å². The van der Waals surface area contributed by atoms with Crippen molar-refractivity contribution in [2.75, 3.05) is 6.61 Å². The molecule has 0 aromatic carbocycles. The molecule has 1 rings (SSSR count). The zero-order valence-electron chi connectivity index (χ0n) is 10.3. The van der Waals surface area contributed by atoms with Crippen LogP contribution in [0.15, 0.2) is 18.6 Å². The highest BCUT2D eigenvalue weighted by Gasteiger charge is 2.23. The van der Waals surface area contributed by atoms with Crippen molar-refractivity contribution in [2.24, 2.45) is 5.41 Å². The van der Waals surface area contributed by atoms with Crippen molar-refractivity contribution in [3.8, 4) is 0 Å². The summed E-state index contributed by atoms with van der Waals surface area (Å²) in [5, 5.41) is 12.5. The second kappa shape index (κ2) is 5.92. The average Bonchev–Trinajstić information content (AvgIpc) is 2.24. The fraction of sp³-hybridized carbons (Fsp3) is 0.667. The number of rotatable bonds is 5. The fourth-order valence-corrected chi connectivity index (χ4v) is 1.62. The monoisotopic (exact) mass is 223 g/mol. The SMILES string of the molecule is CC(C)(C)C(CCO)NCc1ccncn1. The number of hydrogen-bond donors (Lipinski definition) is 2. The first-order chi connectivity index (χ1) is 7.54. The van der Waals surface area contributed by atoms with Gasteiger partial charge in [-0.3, -0.25) is 0 Å². The van der Waals surface area contributed by atoms with Crippen LogP contribution in [0.2, 0.25) is 0 Å². The van der Waals surface area contributed by atoms with Gasteiger partial charge in [0.05, 0.1) is 5.69 Å². The van der Waals surface area contributed by atoms with E-state index in [9.17, 15) is 0 Å². The van der Waals surface area contributed by atoms with Gasteiger partial charge < -0.3 is 10.4 Å². The van der Waals surface area contributed by atoms with Crippen molar-refractivity contribution in [2.45, 2.75) is 39.8 Å². The zero-order valence-corrected chi connectivity index (χ0v) is 10.3. The number of nitrogens with zero attached hydrogens (tertiary/aromatic N) is 2. The summed E-state index contributed by atoms with van der Waals surface area (Å²) in [4.78, 5) is 8.04. The molecule has 0 amide bonds. The van der Waals surface area contributed by atoms with E-state index in [2.05, 4.69) is 36.1 Å². The van der Waals surface area contributed by atoms with Gasteiger partial charge in [-0.05, 0) is 17.9 Å². The van der Waals surface area contributed by atoms with Crippen LogP contribution in [-0.4, -0.2) is 27.7 Å². The maximum Gasteiger partial charge on any atom is 0.115 e. The van der Waals surface area contributed by atoms with E-state index in [1.807, 2.05) is 6.07 Å². The van der Waals surface area contributed by atoms with E-state index in [-0.39, 0.29) is 18.1 Å². The maximum absolute atomic E-state index is 9.03. The van der Waals surface area contributed by atoms with Crippen molar-refractivity contribution in [1.82, 2.24) is 15.3 Å². The molecule has 1 unspecified atom stereocenters. The highest BCUT2D eigenvalue weighted by Crippen LogP contribution is 2.21. The summed E-state index contributed by atoms with van der Waals surface area (Å²) in [6, 6.07) is 2.18. The summed E-state index contributed by atoms with van der Waals surface area (Å²) in [6.45, 7) is 7.42. The molecule has 0 aliphatic heterocycles. The van der Waals surface area contributed by atoms with E-state index in [1.165, 1.54) is 0 Å². The third-order valence-corrected chi connectivity index (χ3v) is 2.64. The van der Waals surface area contributed by atoms with Crippen LogP contribution >= 0.6 is 0 Å². The average molecular weight is 223 g/mol. The van der Waals surface area contributed by atoms with Crippen LogP contribution < -0.4 is 5.32 Å². The predicted molar refractivity (Wildman–Crippen MR) is 63.8 cm³/mol. The Labute approximate surface area is 97.1 Å². The number of hydrogen-bond acceptors (Lipinski definition) is 4. The Morgan fingerprint density at radius 3 is 2.69 bits per heavy atom. The van der Waals surface area contributed by atoms with Crippen LogP contribution in [0.3, 0.4) is 0 Å². The molecule has 2 N–H and O–H groups in total. The van der Waals surface area contributed by atoms with Gasteiger partial charge in [-0.25, -0.2) is 9.97 Å². The lowest BCUT2D eigenvalue weighted by Crippen LogP contribution is -2.40. The van der Waals surface area contributed by atoms with Gasteiger partial charge in [0.15, 0.2) is 0 Å². The molecular weight excluding hydrogens is 202 g/mol. The van der Waals surface area contributed by atoms with Gasteiger partial charge in [-0.15, -0.1) is 0 Å². The normalized spacial score (nSPS) is 13.8. The molecule has 0 aliphatic carbocycles. The molecule has 4 nitrogen and oxygen atoms in total. The summed E-state index contributed by atoms with van der Waals surface area (Å²) in [7, 11) is 0. The Morgan fingerprint density at radius 1 is 1.44 bits per heavy atom. The van der Waals surface area contributed by atoms with Crippen LogP contribution in [0.25, 0.3) is 0 Å². The van der Waals surface area contributed by atoms with Gasteiger partial charge >= 0.3 is 0 Å². The van der Waals surface area contributed by atoms with Crippen molar-refractivity contribution in [1.29, 1.82) is 0 Å². The number of aromatic nitrogens is 2. The van der Waals surface area contributed by atoms with Gasteiger partial charge in [0.1, 0.15) is 6.33 Å². The Hall–Kier alpha value is -1.00. The lowest BCUT2D eigenvalue weighted by atomic mass is 9.85. The molecule has 1 heterocycles. The fourth-order valence-electron chi connectivity index (χ4n) is 1.62. The van der Waals surface area contributed by atoms with Crippen molar-refractivity contribution >= 4 is 0 Å². The molecular formula is C12H21N3O. The molecule has 0 spiro atoms. The summed E-state index contributed by atoms with van der Waals surface area (Å²) in [5.74, 6) is 0. The van der Waals surface area contributed by atoms with E-state index in [4.69, 9.17) is 5.11 Å². The molecule has 90 valence electrons. The first-order valence-electron chi connectivity index (χ1n) is 5.63. The summed E-state index contributed by atoms with van der Waals surface area (Å²) in [5.41, 5.74) is 1.11. The van der Waals surface area contributed by atoms with E-state index < -0.39 is 0 Å². The lowest BCUT2D eigenvalue weighted by molar-refractivity contribution is 0.196. The molecule has 1 aromatic heterocycles. The highest BCUT2D eigenvalue weighted by molar-refractivity contribution is 4.98. The van der Waals surface area contributed by atoms with Gasteiger partial charge in [-0.2, -0.15) is 0 Å². The summed E-state index contributed by atoms with van der Waals surface area (Å²) >= 11 is 0.